The van der Waals surface area contributed by atoms with Crippen LogP contribution in [0.1, 0.15) is 24.8 Å². The summed E-state index contributed by atoms with van der Waals surface area (Å²) >= 11 is 0. The fourth-order valence-corrected chi connectivity index (χ4v) is 3.03. The highest BCUT2D eigenvalue weighted by atomic mass is 16.5. The molecule has 1 fully saturated rings. The van der Waals surface area contributed by atoms with Crippen LogP contribution in [-0.2, 0) is 5.41 Å². The van der Waals surface area contributed by atoms with Gasteiger partial charge >= 0.3 is 0 Å². The van der Waals surface area contributed by atoms with Gasteiger partial charge in [0, 0.05) is 12.0 Å². The average molecular weight is 241 g/mol. The van der Waals surface area contributed by atoms with Crippen LogP contribution in [-0.4, -0.2) is 13.7 Å². The Balaban J connectivity index is 2.21. The minimum atomic E-state index is 0.200. The maximum absolute atomic E-state index is 6.03. The molecule has 0 amide bonds. The van der Waals surface area contributed by atoms with E-state index in [0.29, 0.717) is 0 Å². The molecule has 1 aliphatic carbocycles. The van der Waals surface area contributed by atoms with Gasteiger partial charge in [-0.3, -0.25) is 0 Å². The highest BCUT2D eigenvalue weighted by Crippen LogP contribution is 2.45. The largest absolute Gasteiger partial charge is 0.497 e. The summed E-state index contributed by atoms with van der Waals surface area (Å²) in [6.45, 7) is 0.739. The molecule has 0 radical (unpaired) electrons. The summed E-state index contributed by atoms with van der Waals surface area (Å²) in [4.78, 5) is 0. The third kappa shape index (κ3) is 1.60. The molecule has 2 aromatic carbocycles. The standard InChI is InChI=1S/C16H19NO/c1-18-13-7-6-12-4-2-5-15(14(12)10-13)16(11-17)8-3-9-16/h2,4-7,10H,3,8-9,11,17H2,1H3. The van der Waals surface area contributed by atoms with Crippen molar-refractivity contribution in [3.8, 4) is 5.75 Å². The first-order chi connectivity index (χ1) is 8.79. The van der Waals surface area contributed by atoms with Gasteiger partial charge in [-0.2, -0.15) is 0 Å². The SMILES string of the molecule is COc1ccc2cccc(C3(CN)CCC3)c2c1. The van der Waals surface area contributed by atoms with Crippen molar-refractivity contribution in [3.63, 3.8) is 0 Å². The van der Waals surface area contributed by atoms with Crippen LogP contribution in [0.25, 0.3) is 10.8 Å². The summed E-state index contributed by atoms with van der Waals surface area (Å²) in [5, 5.41) is 2.56. The van der Waals surface area contributed by atoms with E-state index >= 15 is 0 Å². The van der Waals surface area contributed by atoms with Crippen molar-refractivity contribution in [1.29, 1.82) is 0 Å². The number of hydrogen-bond donors (Lipinski definition) is 1. The van der Waals surface area contributed by atoms with E-state index in [9.17, 15) is 0 Å². The topological polar surface area (TPSA) is 35.2 Å². The van der Waals surface area contributed by atoms with Crippen LogP contribution in [0.4, 0.5) is 0 Å². The maximum atomic E-state index is 6.03. The van der Waals surface area contributed by atoms with E-state index in [4.69, 9.17) is 10.5 Å². The number of ether oxygens (including phenoxy) is 1. The van der Waals surface area contributed by atoms with Crippen LogP contribution < -0.4 is 10.5 Å². The fraction of sp³-hybridized carbons (Fsp3) is 0.375. The molecule has 2 heteroatoms. The minimum Gasteiger partial charge on any atom is -0.497 e. The monoisotopic (exact) mass is 241 g/mol. The summed E-state index contributed by atoms with van der Waals surface area (Å²) in [7, 11) is 1.71. The van der Waals surface area contributed by atoms with E-state index < -0.39 is 0 Å². The Kier molecular flexibility index (Phi) is 2.75. The van der Waals surface area contributed by atoms with Crippen molar-refractivity contribution in [2.75, 3.05) is 13.7 Å². The summed E-state index contributed by atoms with van der Waals surface area (Å²) in [6, 6.07) is 12.8. The minimum absolute atomic E-state index is 0.200. The van der Waals surface area contributed by atoms with E-state index in [1.807, 2.05) is 6.07 Å². The van der Waals surface area contributed by atoms with Gasteiger partial charge in [0.2, 0.25) is 0 Å². The molecule has 2 N–H and O–H groups in total. The van der Waals surface area contributed by atoms with Gasteiger partial charge in [0.15, 0.2) is 0 Å². The maximum Gasteiger partial charge on any atom is 0.119 e. The normalized spacial score (nSPS) is 17.4. The highest BCUT2D eigenvalue weighted by molar-refractivity contribution is 5.88. The van der Waals surface area contributed by atoms with Crippen molar-refractivity contribution in [3.05, 3.63) is 42.0 Å². The quantitative estimate of drug-likeness (QED) is 0.895. The number of methoxy groups -OCH3 is 1. The zero-order valence-corrected chi connectivity index (χ0v) is 10.8. The van der Waals surface area contributed by atoms with Crippen LogP contribution in [0.3, 0.4) is 0 Å². The lowest BCUT2D eigenvalue weighted by atomic mass is 9.63. The smallest absolute Gasteiger partial charge is 0.119 e. The Morgan fingerprint density at radius 1 is 1.22 bits per heavy atom. The number of fused-ring (bicyclic) bond motifs is 1. The lowest BCUT2D eigenvalue weighted by Gasteiger charge is -2.42. The molecule has 3 rings (SSSR count). The molecule has 1 saturated carbocycles. The number of nitrogens with two attached hydrogens (primary N) is 1. The van der Waals surface area contributed by atoms with Crippen LogP contribution in [0.15, 0.2) is 36.4 Å². The van der Waals surface area contributed by atoms with Gasteiger partial charge < -0.3 is 10.5 Å². The highest BCUT2D eigenvalue weighted by Gasteiger charge is 2.38. The molecule has 2 aromatic rings. The van der Waals surface area contributed by atoms with E-state index in [-0.39, 0.29) is 5.41 Å². The van der Waals surface area contributed by atoms with Crippen LogP contribution in [0.5, 0.6) is 5.75 Å². The molecule has 1 aliphatic rings. The summed E-state index contributed by atoms with van der Waals surface area (Å²) in [6.07, 6.45) is 3.71. The Bertz CT molecular complexity index is 567. The Morgan fingerprint density at radius 2 is 2.06 bits per heavy atom. The number of hydrogen-bond acceptors (Lipinski definition) is 2. The third-order valence-electron chi connectivity index (χ3n) is 4.36. The molecule has 0 aliphatic heterocycles. The zero-order chi connectivity index (χ0) is 12.6. The Labute approximate surface area is 108 Å². The molecule has 94 valence electrons. The van der Waals surface area contributed by atoms with E-state index in [0.717, 1.165) is 12.3 Å². The second-order valence-corrected chi connectivity index (χ2v) is 5.23. The van der Waals surface area contributed by atoms with E-state index in [1.54, 1.807) is 7.11 Å². The van der Waals surface area contributed by atoms with Gasteiger partial charge in [-0.05, 0) is 41.3 Å². The molecule has 0 bridgehead atoms. The van der Waals surface area contributed by atoms with Gasteiger partial charge in [-0.25, -0.2) is 0 Å². The molecule has 0 spiro atoms. The zero-order valence-electron chi connectivity index (χ0n) is 10.8. The van der Waals surface area contributed by atoms with Crippen LogP contribution in [0.2, 0.25) is 0 Å². The molecule has 0 unspecified atom stereocenters. The predicted octanol–water partition coefficient (Wildman–Crippen LogP) is 3.23. The molecule has 0 saturated heterocycles. The van der Waals surface area contributed by atoms with Gasteiger partial charge in [-0.1, -0.05) is 30.7 Å². The molecular weight excluding hydrogens is 222 g/mol. The van der Waals surface area contributed by atoms with Gasteiger partial charge in [-0.15, -0.1) is 0 Å². The van der Waals surface area contributed by atoms with Crippen molar-refractivity contribution in [2.45, 2.75) is 24.7 Å². The summed E-state index contributed by atoms with van der Waals surface area (Å²) in [5.74, 6) is 0.918. The second kappa shape index (κ2) is 4.29. The van der Waals surface area contributed by atoms with Crippen molar-refractivity contribution in [2.24, 2.45) is 5.73 Å². The van der Waals surface area contributed by atoms with Gasteiger partial charge in [0.1, 0.15) is 5.75 Å². The molecule has 0 heterocycles. The van der Waals surface area contributed by atoms with Crippen molar-refractivity contribution in [1.82, 2.24) is 0 Å². The van der Waals surface area contributed by atoms with Gasteiger partial charge in [0.05, 0.1) is 7.11 Å². The molecule has 0 aromatic heterocycles. The van der Waals surface area contributed by atoms with Crippen LogP contribution in [0, 0.1) is 0 Å². The first-order valence-corrected chi connectivity index (χ1v) is 6.56. The van der Waals surface area contributed by atoms with E-state index in [1.165, 1.54) is 35.6 Å². The van der Waals surface area contributed by atoms with Gasteiger partial charge in [0.25, 0.3) is 0 Å². The summed E-state index contributed by atoms with van der Waals surface area (Å²) < 4.78 is 5.34. The van der Waals surface area contributed by atoms with Crippen LogP contribution >= 0.6 is 0 Å². The van der Waals surface area contributed by atoms with Crippen molar-refractivity contribution >= 4 is 10.8 Å². The molecule has 18 heavy (non-hydrogen) atoms. The lowest BCUT2D eigenvalue weighted by Crippen LogP contribution is -2.41. The third-order valence-corrected chi connectivity index (χ3v) is 4.36. The average Bonchev–Trinajstić information content (AvgIpc) is 2.38. The van der Waals surface area contributed by atoms with Crippen molar-refractivity contribution < 1.29 is 4.74 Å². The predicted molar refractivity (Wildman–Crippen MR) is 75.1 cm³/mol. The molecular formula is C16H19NO. The van der Waals surface area contributed by atoms with E-state index in [2.05, 4.69) is 30.3 Å². The number of benzene rings is 2. The molecule has 2 nitrogen and oxygen atoms in total. The molecule has 0 atom stereocenters. The Morgan fingerprint density at radius 3 is 2.67 bits per heavy atom. The summed E-state index contributed by atoms with van der Waals surface area (Å²) in [5.41, 5.74) is 7.63. The first-order valence-electron chi connectivity index (χ1n) is 6.56. The fourth-order valence-electron chi connectivity index (χ4n) is 3.03. The number of rotatable bonds is 3. The first kappa shape index (κ1) is 11.5. The second-order valence-electron chi connectivity index (χ2n) is 5.23. The lowest BCUT2D eigenvalue weighted by molar-refractivity contribution is 0.255. The Hall–Kier alpha value is -1.54.